The number of aromatic nitrogens is 2. The summed E-state index contributed by atoms with van der Waals surface area (Å²) in [7, 11) is 0. The summed E-state index contributed by atoms with van der Waals surface area (Å²) in [6, 6.07) is 0.307. The van der Waals surface area contributed by atoms with Crippen molar-refractivity contribution < 1.29 is 9.18 Å². The summed E-state index contributed by atoms with van der Waals surface area (Å²) < 4.78 is 14.5. The molecule has 1 aliphatic rings. The zero-order valence-electron chi connectivity index (χ0n) is 16.3. The zero-order valence-corrected chi connectivity index (χ0v) is 16.3. The molecule has 0 unspecified atom stereocenters. The normalized spacial score (nSPS) is 15.6. The van der Waals surface area contributed by atoms with Gasteiger partial charge in [-0.3, -0.25) is 9.69 Å². The van der Waals surface area contributed by atoms with Gasteiger partial charge in [0.15, 0.2) is 5.82 Å². The molecule has 5 nitrogen and oxygen atoms in total. The number of carbonyl (C=O) groups excluding carboxylic acids is 1. The molecule has 2 rings (SSSR count). The lowest BCUT2D eigenvalue weighted by Gasteiger charge is -2.23. The summed E-state index contributed by atoms with van der Waals surface area (Å²) in [6.45, 7) is 12.6. The highest BCUT2D eigenvalue weighted by Gasteiger charge is 2.17. The molecule has 28 heavy (non-hydrogen) atoms. The Kier molecular flexibility index (Phi) is 7.87. The van der Waals surface area contributed by atoms with E-state index in [1.165, 1.54) is 48.7 Å². The molecule has 1 amide bonds. The van der Waals surface area contributed by atoms with Crippen molar-refractivity contribution in [1.82, 2.24) is 14.9 Å². The fourth-order valence-corrected chi connectivity index (χ4v) is 3.16. The lowest BCUT2D eigenvalue weighted by Crippen LogP contribution is -2.24. The van der Waals surface area contributed by atoms with E-state index in [2.05, 4.69) is 35.0 Å². The van der Waals surface area contributed by atoms with Crippen LogP contribution in [0, 0.1) is 5.82 Å². The average molecular weight is 382 g/mol. The van der Waals surface area contributed by atoms with Crippen molar-refractivity contribution in [3.8, 4) is 0 Å². The van der Waals surface area contributed by atoms with Crippen LogP contribution in [0.3, 0.4) is 0 Å². The van der Waals surface area contributed by atoms with Crippen LogP contribution in [0.4, 0.5) is 10.3 Å². The number of halogens is 1. The second-order valence-corrected chi connectivity index (χ2v) is 6.48. The number of carbonyl (C=O) groups is 1. The molecule has 6 heteroatoms. The molecule has 1 saturated carbocycles. The second-order valence-electron chi connectivity index (χ2n) is 6.48. The molecular weight excluding hydrogens is 355 g/mol. The van der Waals surface area contributed by atoms with E-state index in [-0.39, 0.29) is 11.6 Å². The highest BCUT2D eigenvalue weighted by molar-refractivity contribution is 5.90. The number of rotatable bonds is 8. The second kappa shape index (κ2) is 10.3. The lowest BCUT2D eigenvalue weighted by molar-refractivity contribution is -0.121. The molecule has 0 atom stereocenters. The van der Waals surface area contributed by atoms with Gasteiger partial charge in [-0.2, -0.15) is 0 Å². The average Bonchev–Trinajstić information content (AvgIpc) is 2.73. The standard InChI is InChI=1S/C22H27FN4O/c1-5-16(14-18(6-2)27(8-4)20(28)7-3)21-19(23)15-24-22(26-21)25-17-12-10-9-11-13-17/h5-8,14-15,17H,2-4,9-13H2,1H3,(H,24,25,26)/b16-5+,18-14+. The number of nitrogens with one attached hydrogen (secondary N) is 1. The first-order valence-electron chi connectivity index (χ1n) is 9.42. The first-order valence-corrected chi connectivity index (χ1v) is 9.42. The lowest BCUT2D eigenvalue weighted by atomic mass is 9.96. The highest BCUT2D eigenvalue weighted by atomic mass is 19.1. The summed E-state index contributed by atoms with van der Waals surface area (Å²) >= 11 is 0. The maximum Gasteiger partial charge on any atom is 0.254 e. The first-order chi connectivity index (χ1) is 13.5. The van der Waals surface area contributed by atoms with E-state index in [0.717, 1.165) is 12.8 Å². The Hall–Kier alpha value is -3.02. The van der Waals surface area contributed by atoms with Crippen LogP contribution in [0.2, 0.25) is 0 Å². The Morgan fingerprint density at radius 3 is 2.54 bits per heavy atom. The molecule has 0 aromatic carbocycles. The molecule has 1 aromatic heterocycles. The van der Waals surface area contributed by atoms with Gasteiger partial charge in [-0.25, -0.2) is 14.4 Å². The maximum absolute atomic E-state index is 14.5. The third kappa shape index (κ3) is 5.25. The number of hydrogen-bond acceptors (Lipinski definition) is 4. The van der Waals surface area contributed by atoms with E-state index in [1.54, 1.807) is 19.1 Å². The molecule has 1 heterocycles. The van der Waals surface area contributed by atoms with Crippen LogP contribution in [0.15, 0.2) is 62.1 Å². The van der Waals surface area contributed by atoms with Gasteiger partial charge in [-0.15, -0.1) is 0 Å². The number of allylic oxidation sites excluding steroid dienone is 4. The monoisotopic (exact) mass is 382 g/mol. The molecule has 0 bridgehead atoms. The third-order valence-electron chi connectivity index (χ3n) is 4.65. The number of anilines is 1. The Morgan fingerprint density at radius 1 is 1.25 bits per heavy atom. The fourth-order valence-electron chi connectivity index (χ4n) is 3.16. The summed E-state index contributed by atoms with van der Waals surface area (Å²) in [6.07, 6.45) is 14.3. The molecule has 1 fully saturated rings. The Balaban J connectivity index is 2.35. The minimum Gasteiger partial charge on any atom is -0.351 e. The summed E-state index contributed by atoms with van der Waals surface area (Å²) in [4.78, 5) is 21.8. The Labute approximate surface area is 166 Å². The van der Waals surface area contributed by atoms with Gasteiger partial charge in [0.25, 0.3) is 5.91 Å². The molecule has 0 spiro atoms. The van der Waals surface area contributed by atoms with Crippen molar-refractivity contribution in [3.63, 3.8) is 0 Å². The predicted octanol–water partition coefficient (Wildman–Crippen LogP) is 4.99. The van der Waals surface area contributed by atoms with E-state index in [9.17, 15) is 9.18 Å². The van der Waals surface area contributed by atoms with Gasteiger partial charge < -0.3 is 5.32 Å². The van der Waals surface area contributed by atoms with Gasteiger partial charge in [-0.1, -0.05) is 45.1 Å². The molecule has 1 N–H and O–H groups in total. The number of amides is 1. The molecule has 148 valence electrons. The van der Waals surface area contributed by atoms with E-state index in [0.29, 0.717) is 23.3 Å². The first kappa shape index (κ1) is 21.3. The van der Waals surface area contributed by atoms with E-state index in [1.807, 2.05) is 0 Å². The van der Waals surface area contributed by atoms with Crippen molar-refractivity contribution in [1.29, 1.82) is 0 Å². The van der Waals surface area contributed by atoms with Gasteiger partial charge >= 0.3 is 0 Å². The van der Waals surface area contributed by atoms with Crippen LogP contribution in [0.1, 0.15) is 44.7 Å². The molecule has 0 saturated heterocycles. The minimum atomic E-state index is -0.540. The molecule has 1 aromatic rings. The maximum atomic E-state index is 14.5. The molecular formula is C22H27FN4O. The number of hydrogen-bond donors (Lipinski definition) is 1. The van der Waals surface area contributed by atoms with Crippen molar-refractivity contribution in [3.05, 3.63) is 73.6 Å². The summed E-state index contributed by atoms with van der Waals surface area (Å²) in [5.74, 6) is -0.500. The van der Waals surface area contributed by atoms with Crippen LogP contribution in [0.25, 0.3) is 5.57 Å². The van der Waals surface area contributed by atoms with Crippen molar-refractivity contribution in [2.24, 2.45) is 0 Å². The van der Waals surface area contributed by atoms with Crippen molar-refractivity contribution in [2.45, 2.75) is 45.1 Å². The van der Waals surface area contributed by atoms with Gasteiger partial charge in [-0.05, 0) is 38.0 Å². The van der Waals surface area contributed by atoms with E-state index in [4.69, 9.17) is 0 Å². The largest absolute Gasteiger partial charge is 0.351 e. The van der Waals surface area contributed by atoms with Crippen LogP contribution in [-0.4, -0.2) is 26.8 Å². The van der Waals surface area contributed by atoms with Crippen LogP contribution < -0.4 is 5.32 Å². The smallest absolute Gasteiger partial charge is 0.254 e. The summed E-state index contributed by atoms with van der Waals surface area (Å²) in [5.41, 5.74) is 1.10. The highest BCUT2D eigenvalue weighted by Crippen LogP contribution is 2.24. The molecule has 0 radical (unpaired) electrons. The Bertz CT molecular complexity index is 807. The minimum absolute atomic E-state index is 0.158. The van der Waals surface area contributed by atoms with Crippen molar-refractivity contribution in [2.75, 3.05) is 5.32 Å². The third-order valence-corrected chi connectivity index (χ3v) is 4.65. The topological polar surface area (TPSA) is 58.1 Å². The summed E-state index contributed by atoms with van der Waals surface area (Å²) in [5, 5.41) is 3.31. The zero-order chi connectivity index (χ0) is 20.5. The van der Waals surface area contributed by atoms with E-state index < -0.39 is 5.82 Å². The SMILES string of the molecule is C=CC(=O)N(C=C)/C(C=C)=C/C(=C\C)c1nc(NC2CCCCC2)ncc1F. The quantitative estimate of drug-likeness (QED) is 0.508. The van der Waals surface area contributed by atoms with Gasteiger partial charge in [0.05, 0.1) is 6.20 Å². The Morgan fingerprint density at radius 2 is 1.96 bits per heavy atom. The van der Waals surface area contributed by atoms with Crippen LogP contribution in [-0.2, 0) is 4.79 Å². The molecule has 0 aliphatic heterocycles. The van der Waals surface area contributed by atoms with Crippen LogP contribution >= 0.6 is 0 Å². The van der Waals surface area contributed by atoms with Gasteiger partial charge in [0.2, 0.25) is 5.95 Å². The van der Waals surface area contributed by atoms with Gasteiger partial charge in [0, 0.05) is 23.5 Å². The van der Waals surface area contributed by atoms with E-state index >= 15 is 0 Å². The molecule has 1 aliphatic carbocycles. The van der Waals surface area contributed by atoms with Crippen molar-refractivity contribution >= 4 is 17.4 Å². The number of nitrogens with zero attached hydrogens (tertiary/aromatic N) is 3. The van der Waals surface area contributed by atoms with Crippen LogP contribution in [0.5, 0.6) is 0 Å². The van der Waals surface area contributed by atoms with Gasteiger partial charge in [0.1, 0.15) is 5.69 Å². The fraction of sp³-hybridized carbons (Fsp3) is 0.318. The predicted molar refractivity (Wildman–Crippen MR) is 112 cm³/mol.